The number of benzene rings is 1. The first-order valence-corrected chi connectivity index (χ1v) is 6.73. The molecule has 1 aliphatic rings. The Morgan fingerprint density at radius 1 is 1.39 bits per heavy atom. The number of nitrogens with two attached hydrogens (primary N) is 1. The molecule has 0 unspecified atom stereocenters. The molecule has 2 rings (SSSR count). The SMILES string of the molecule is CC1(C)CCN(CCOc2cccc(CN)c2)C1. The minimum absolute atomic E-state index is 0.472. The van der Waals surface area contributed by atoms with Gasteiger partial charge in [0.1, 0.15) is 12.4 Å². The molecule has 0 bridgehead atoms. The summed E-state index contributed by atoms with van der Waals surface area (Å²) in [6.07, 6.45) is 1.29. The van der Waals surface area contributed by atoms with Crippen LogP contribution in [0.15, 0.2) is 24.3 Å². The normalized spacial score (nSPS) is 19.1. The first-order chi connectivity index (χ1) is 8.59. The quantitative estimate of drug-likeness (QED) is 0.868. The second-order valence-corrected chi connectivity index (χ2v) is 5.89. The van der Waals surface area contributed by atoms with Crippen LogP contribution in [0.3, 0.4) is 0 Å². The fraction of sp³-hybridized carbons (Fsp3) is 0.600. The van der Waals surface area contributed by atoms with E-state index in [2.05, 4.69) is 18.7 Å². The molecule has 0 spiro atoms. The van der Waals surface area contributed by atoms with Crippen LogP contribution in [-0.4, -0.2) is 31.1 Å². The lowest BCUT2D eigenvalue weighted by Crippen LogP contribution is -2.27. The summed E-state index contributed by atoms with van der Waals surface area (Å²) in [6, 6.07) is 8.04. The van der Waals surface area contributed by atoms with E-state index in [1.807, 2.05) is 24.3 Å². The largest absolute Gasteiger partial charge is 0.492 e. The average molecular weight is 248 g/mol. The Kier molecular flexibility index (Phi) is 4.25. The zero-order valence-corrected chi connectivity index (χ0v) is 11.5. The van der Waals surface area contributed by atoms with E-state index in [1.54, 1.807) is 0 Å². The Hall–Kier alpha value is -1.06. The zero-order chi connectivity index (χ0) is 13.0. The molecule has 0 aromatic heterocycles. The van der Waals surface area contributed by atoms with E-state index in [-0.39, 0.29) is 0 Å². The molecular formula is C15H24N2O. The standard InChI is InChI=1S/C15H24N2O/c1-15(2)6-7-17(12-15)8-9-18-14-5-3-4-13(10-14)11-16/h3-5,10H,6-9,11-12,16H2,1-2H3. The summed E-state index contributed by atoms with van der Waals surface area (Å²) >= 11 is 0. The van der Waals surface area contributed by atoms with Crippen molar-refractivity contribution in [2.45, 2.75) is 26.8 Å². The number of nitrogens with zero attached hydrogens (tertiary/aromatic N) is 1. The summed E-state index contributed by atoms with van der Waals surface area (Å²) in [5.41, 5.74) is 7.20. The third-order valence-electron chi connectivity index (χ3n) is 3.57. The maximum absolute atomic E-state index is 5.78. The van der Waals surface area contributed by atoms with E-state index in [0.717, 1.165) is 24.5 Å². The van der Waals surface area contributed by atoms with E-state index in [9.17, 15) is 0 Å². The van der Waals surface area contributed by atoms with Crippen molar-refractivity contribution in [3.63, 3.8) is 0 Å². The van der Waals surface area contributed by atoms with E-state index in [0.29, 0.717) is 12.0 Å². The highest BCUT2D eigenvalue weighted by atomic mass is 16.5. The molecule has 1 fully saturated rings. The topological polar surface area (TPSA) is 38.5 Å². The molecule has 0 radical (unpaired) electrons. The van der Waals surface area contributed by atoms with Crippen LogP contribution in [0.2, 0.25) is 0 Å². The fourth-order valence-electron chi connectivity index (χ4n) is 2.47. The predicted molar refractivity (Wildman–Crippen MR) is 74.7 cm³/mol. The maximum atomic E-state index is 5.78. The van der Waals surface area contributed by atoms with Crippen molar-refractivity contribution in [1.82, 2.24) is 4.90 Å². The molecule has 1 aromatic rings. The molecule has 1 aromatic carbocycles. The van der Waals surface area contributed by atoms with Gasteiger partial charge in [0.15, 0.2) is 0 Å². The number of hydrogen-bond acceptors (Lipinski definition) is 3. The van der Waals surface area contributed by atoms with Crippen LogP contribution < -0.4 is 10.5 Å². The van der Waals surface area contributed by atoms with E-state index >= 15 is 0 Å². The first-order valence-electron chi connectivity index (χ1n) is 6.73. The van der Waals surface area contributed by atoms with Crippen LogP contribution in [0.1, 0.15) is 25.8 Å². The van der Waals surface area contributed by atoms with Gasteiger partial charge in [0.2, 0.25) is 0 Å². The van der Waals surface area contributed by atoms with Crippen LogP contribution in [0.5, 0.6) is 5.75 Å². The van der Waals surface area contributed by atoms with Gasteiger partial charge in [-0.2, -0.15) is 0 Å². The Balaban J connectivity index is 1.75. The number of hydrogen-bond donors (Lipinski definition) is 1. The molecule has 3 heteroatoms. The highest BCUT2D eigenvalue weighted by molar-refractivity contribution is 5.28. The van der Waals surface area contributed by atoms with Gasteiger partial charge in [-0.3, -0.25) is 4.90 Å². The van der Waals surface area contributed by atoms with Crippen LogP contribution in [-0.2, 0) is 6.54 Å². The van der Waals surface area contributed by atoms with Gasteiger partial charge in [-0.25, -0.2) is 0 Å². The smallest absolute Gasteiger partial charge is 0.119 e. The molecule has 0 saturated carbocycles. The van der Waals surface area contributed by atoms with Crippen molar-refractivity contribution in [2.24, 2.45) is 11.1 Å². The van der Waals surface area contributed by atoms with Gasteiger partial charge in [-0.1, -0.05) is 26.0 Å². The van der Waals surface area contributed by atoms with E-state index in [1.165, 1.54) is 19.5 Å². The van der Waals surface area contributed by atoms with Crippen LogP contribution in [0.25, 0.3) is 0 Å². The molecule has 1 saturated heterocycles. The lowest BCUT2D eigenvalue weighted by Gasteiger charge is -2.19. The molecule has 0 aliphatic carbocycles. The Bertz CT molecular complexity index is 390. The van der Waals surface area contributed by atoms with Crippen molar-refractivity contribution < 1.29 is 4.74 Å². The van der Waals surface area contributed by atoms with Crippen molar-refractivity contribution in [2.75, 3.05) is 26.2 Å². The molecule has 1 aliphatic heterocycles. The minimum atomic E-state index is 0.472. The van der Waals surface area contributed by atoms with Gasteiger partial charge in [0, 0.05) is 19.6 Å². The zero-order valence-electron chi connectivity index (χ0n) is 11.5. The second kappa shape index (κ2) is 5.72. The van der Waals surface area contributed by atoms with E-state index in [4.69, 9.17) is 10.5 Å². The number of ether oxygens (including phenoxy) is 1. The van der Waals surface area contributed by atoms with Crippen molar-refractivity contribution >= 4 is 0 Å². The van der Waals surface area contributed by atoms with Gasteiger partial charge in [0.25, 0.3) is 0 Å². The third kappa shape index (κ3) is 3.72. The van der Waals surface area contributed by atoms with E-state index < -0.39 is 0 Å². The summed E-state index contributed by atoms with van der Waals surface area (Å²) in [5, 5.41) is 0. The fourth-order valence-corrected chi connectivity index (χ4v) is 2.47. The predicted octanol–water partition coefficient (Wildman–Crippen LogP) is 2.26. The molecule has 2 N–H and O–H groups in total. The van der Waals surface area contributed by atoms with Crippen molar-refractivity contribution in [3.05, 3.63) is 29.8 Å². The Morgan fingerprint density at radius 2 is 2.22 bits per heavy atom. The lowest BCUT2D eigenvalue weighted by atomic mass is 9.93. The van der Waals surface area contributed by atoms with Crippen LogP contribution in [0, 0.1) is 5.41 Å². The maximum Gasteiger partial charge on any atom is 0.119 e. The second-order valence-electron chi connectivity index (χ2n) is 5.89. The number of likely N-dealkylation sites (tertiary alicyclic amines) is 1. The summed E-state index contributed by atoms with van der Waals surface area (Å²) in [6.45, 7) is 9.37. The Morgan fingerprint density at radius 3 is 2.89 bits per heavy atom. The monoisotopic (exact) mass is 248 g/mol. The van der Waals surface area contributed by atoms with Crippen LogP contribution >= 0.6 is 0 Å². The summed E-state index contributed by atoms with van der Waals surface area (Å²) in [5.74, 6) is 0.927. The van der Waals surface area contributed by atoms with Gasteiger partial charge < -0.3 is 10.5 Å². The number of rotatable bonds is 5. The van der Waals surface area contributed by atoms with Gasteiger partial charge in [0.05, 0.1) is 0 Å². The van der Waals surface area contributed by atoms with Gasteiger partial charge in [-0.15, -0.1) is 0 Å². The lowest BCUT2D eigenvalue weighted by molar-refractivity contribution is 0.222. The highest BCUT2D eigenvalue weighted by Gasteiger charge is 2.28. The molecular weight excluding hydrogens is 224 g/mol. The first kappa shape index (κ1) is 13.4. The highest BCUT2D eigenvalue weighted by Crippen LogP contribution is 2.28. The molecule has 3 nitrogen and oxygen atoms in total. The summed E-state index contributed by atoms with van der Waals surface area (Å²) < 4.78 is 5.78. The molecule has 0 atom stereocenters. The van der Waals surface area contributed by atoms with Crippen molar-refractivity contribution in [1.29, 1.82) is 0 Å². The summed E-state index contributed by atoms with van der Waals surface area (Å²) in [7, 11) is 0. The third-order valence-corrected chi connectivity index (χ3v) is 3.57. The van der Waals surface area contributed by atoms with Gasteiger partial charge >= 0.3 is 0 Å². The Labute approximate surface area is 110 Å². The summed E-state index contributed by atoms with van der Waals surface area (Å²) in [4.78, 5) is 2.48. The molecule has 100 valence electrons. The minimum Gasteiger partial charge on any atom is -0.492 e. The van der Waals surface area contributed by atoms with Crippen molar-refractivity contribution in [3.8, 4) is 5.75 Å². The molecule has 18 heavy (non-hydrogen) atoms. The van der Waals surface area contributed by atoms with Gasteiger partial charge in [-0.05, 0) is 36.1 Å². The molecule has 0 amide bonds. The van der Waals surface area contributed by atoms with Crippen LogP contribution in [0.4, 0.5) is 0 Å². The average Bonchev–Trinajstić information content (AvgIpc) is 2.69. The molecule has 1 heterocycles.